The molecule has 0 aliphatic rings. The van der Waals surface area contributed by atoms with Crippen LogP contribution in [-0.2, 0) is 11.0 Å². The molecule has 28 heavy (non-hydrogen) atoms. The molecular formula is C18H14F3N3O3S. The van der Waals surface area contributed by atoms with Crippen molar-refractivity contribution in [3.63, 3.8) is 0 Å². The first-order valence-electron chi connectivity index (χ1n) is 7.93. The second-order valence-corrected chi connectivity index (χ2v) is 6.45. The lowest BCUT2D eigenvalue weighted by molar-refractivity contribution is -0.137. The predicted octanol–water partition coefficient (Wildman–Crippen LogP) is 4.49. The van der Waals surface area contributed by atoms with Gasteiger partial charge in [0.2, 0.25) is 11.8 Å². The van der Waals surface area contributed by atoms with E-state index >= 15 is 0 Å². The Morgan fingerprint density at radius 2 is 1.96 bits per heavy atom. The molecule has 0 unspecified atom stereocenters. The smallest absolute Gasteiger partial charge is 0.416 e. The van der Waals surface area contributed by atoms with Crippen molar-refractivity contribution >= 4 is 23.4 Å². The fourth-order valence-electron chi connectivity index (χ4n) is 2.24. The molecule has 10 heteroatoms. The van der Waals surface area contributed by atoms with E-state index in [1.165, 1.54) is 19.2 Å². The summed E-state index contributed by atoms with van der Waals surface area (Å²) in [7, 11) is 1.54. The van der Waals surface area contributed by atoms with Gasteiger partial charge in [-0.15, -0.1) is 10.2 Å². The summed E-state index contributed by atoms with van der Waals surface area (Å²) in [5.74, 6) is 0.297. The highest BCUT2D eigenvalue weighted by Gasteiger charge is 2.30. The number of carbonyl (C=O) groups excluding carboxylic acids is 1. The molecule has 146 valence electrons. The molecule has 0 spiro atoms. The average molecular weight is 409 g/mol. The number of rotatable bonds is 6. The zero-order chi connectivity index (χ0) is 20.1. The fraction of sp³-hybridized carbons (Fsp3) is 0.167. The maximum Gasteiger partial charge on any atom is 0.416 e. The highest BCUT2D eigenvalue weighted by Crippen LogP contribution is 2.31. The second-order valence-electron chi connectivity index (χ2n) is 5.52. The van der Waals surface area contributed by atoms with E-state index in [1.807, 2.05) is 0 Å². The van der Waals surface area contributed by atoms with E-state index in [1.54, 1.807) is 24.3 Å². The van der Waals surface area contributed by atoms with Crippen molar-refractivity contribution in [2.24, 2.45) is 0 Å². The van der Waals surface area contributed by atoms with Crippen molar-refractivity contribution in [1.29, 1.82) is 0 Å². The van der Waals surface area contributed by atoms with Crippen LogP contribution < -0.4 is 10.1 Å². The second kappa shape index (κ2) is 8.34. The minimum Gasteiger partial charge on any atom is -0.497 e. The van der Waals surface area contributed by atoms with E-state index < -0.39 is 17.6 Å². The van der Waals surface area contributed by atoms with E-state index in [-0.39, 0.29) is 22.6 Å². The molecule has 3 aromatic rings. The first-order valence-corrected chi connectivity index (χ1v) is 8.91. The number of aromatic nitrogens is 2. The molecule has 0 aliphatic heterocycles. The van der Waals surface area contributed by atoms with Crippen molar-refractivity contribution < 1.29 is 27.1 Å². The van der Waals surface area contributed by atoms with Gasteiger partial charge in [0, 0.05) is 11.3 Å². The third kappa shape index (κ3) is 5.03. The lowest BCUT2D eigenvalue weighted by Crippen LogP contribution is -2.15. The van der Waals surface area contributed by atoms with Gasteiger partial charge in [-0.2, -0.15) is 13.2 Å². The van der Waals surface area contributed by atoms with E-state index in [4.69, 9.17) is 9.15 Å². The van der Waals surface area contributed by atoms with Gasteiger partial charge in [0.1, 0.15) is 5.75 Å². The van der Waals surface area contributed by atoms with Crippen molar-refractivity contribution in [2.75, 3.05) is 18.2 Å². The molecule has 1 N–H and O–H groups in total. The lowest BCUT2D eigenvalue weighted by Gasteiger charge is -2.09. The van der Waals surface area contributed by atoms with Gasteiger partial charge in [0.15, 0.2) is 0 Å². The quantitative estimate of drug-likeness (QED) is 0.605. The number of amides is 1. The number of halogens is 3. The van der Waals surface area contributed by atoms with Crippen LogP contribution in [0.15, 0.2) is 58.2 Å². The van der Waals surface area contributed by atoms with Crippen molar-refractivity contribution in [1.82, 2.24) is 10.2 Å². The van der Waals surface area contributed by atoms with Gasteiger partial charge in [0.25, 0.3) is 5.22 Å². The highest BCUT2D eigenvalue weighted by molar-refractivity contribution is 7.99. The van der Waals surface area contributed by atoms with E-state index in [0.717, 1.165) is 23.9 Å². The molecule has 0 aliphatic carbocycles. The Bertz CT molecular complexity index is 976. The maximum atomic E-state index is 12.7. The average Bonchev–Trinajstić information content (AvgIpc) is 3.15. The number of alkyl halides is 3. The number of methoxy groups -OCH3 is 1. The zero-order valence-corrected chi connectivity index (χ0v) is 15.3. The number of nitrogens with one attached hydrogen (secondary N) is 1. The summed E-state index contributed by atoms with van der Waals surface area (Å²) < 4.78 is 48.8. The molecule has 0 fully saturated rings. The molecule has 0 bridgehead atoms. The van der Waals surface area contributed by atoms with Crippen molar-refractivity contribution in [3.05, 3.63) is 54.1 Å². The standard InChI is InChI=1S/C18H14F3N3O3S/c1-26-14-7-2-4-11(8-14)16-23-24-17(27-16)28-10-15(25)22-13-6-3-5-12(9-13)18(19,20)21/h2-9H,10H2,1H3,(H,22,25). The number of nitrogens with zero attached hydrogens (tertiary/aromatic N) is 2. The Balaban J connectivity index is 1.59. The predicted molar refractivity (Wildman–Crippen MR) is 97.1 cm³/mol. The maximum absolute atomic E-state index is 12.7. The zero-order valence-electron chi connectivity index (χ0n) is 14.5. The molecule has 0 saturated heterocycles. The van der Waals surface area contributed by atoms with Gasteiger partial charge >= 0.3 is 6.18 Å². The molecule has 2 aromatic carbocycles. The van der Waals surface area contributed by atoms with Gasteiger partial charge in [-0.05, 0) is 36.4 Å². The van der Waals surface area contributed by atoms with Crippen LogP contribution in [0.5, 0.6) is 5.75 Å². The number of hydrogen-bond acceptors (Lipinski definition) is 6. The number of ether oxygens (including phenoxy) is 1. The van der Waals surface area contributed by atoms with Crippen LogP contribution >= 0.6 is 11.8 Å². The molecule has 0 radical (unpaired) electrons. The van der Waals surface area contributed by atoms with Gasteiger partial charge < -0.3 is 14.5 Å². The first-order chi connectivity index (χ1) is 13.3. The molecule has 1 heterocycles. The largest absolute Gasteiger partial charge is 0.497 e. The molecule has 1 aromatic heterocycles. The number of benzene rings is 2. The number of carbonyl (C=O) groups is 1. The summed E-state index contributed by atoms with van der Waals surface area (Å²) in [6, 6.07) is 11.4. The van der Waals surface area contributed by atoms with Crippen LogP contribution in [0.4, 0.5) is 18.9 Å². The van der Waals surface area contributed by atoms with Crippen LogP contribution in [0, 0.1) is 0 Å². The Hall–Kier alpha value is -3.01. The van der Waals surface area contributed by atoms with E-state index in [0.29, 0.717) is 11.3 Å². The fourth-order valence-corrected chi connectivity index (χ4v) is 2.80. The minimum atomic E-state index is -4.48. The molecule has 0 atom stereocenters. The summed E-state index contributed by atoms with van der Waals surface area (Å²) in [5, 5.41) is 10.3. The van der Waals surface area contributed by atoms with Crippen LogP contribution in [0.25, 0.3) is 11.5 Å². The topological polar surface area (TPSA) is 77.2 Å². The summed E-state index contributed by atoms with van der Waals surface area (Å²) in [6.07, 6.45) is -4.48. The first kappa shape index (κ1) is 19.7. The van der Waals surface area contributed by atoms with E-state index in [2.05, 4.69) is 15.5 Å². The van der Waals surface area contributed by atoms with Crippen LogP contribution in [0.2, 0.25) is 0 Å². The van der Waals surface area contributed by atoms with Crippen LogP contribution in [0.1, 0.15) is 5.56 Å². The van der Waals surface area contributed by atoms with Crippen LogP contribution in [0.3, 0.4) is 0 Å². The van der Waals surface area contributed by atoms with Crippen LogP contribution in [-0.4, -0.2) is 29.0 Å². The van der Waals surface area contributed by atoms with Gasteiger partial charge in [0.05, 0.1) is 18.4 Å². The number of hydrogen-bond donors (Lipinski definition) is 1. The molecular weight excluding hydrogens is 395 g/mol. The Kier molecular flexibility index (Phi) is 5.88. The summed E-state index contributed by atoms with van der Waals surface area (Å²) in [5.41, 5.74) is -0.118. The normalized spacial score (nSPS) is 11.3. The van der Waals surface area contributed by atoms with E-state index in [9.17, 15) is 18.0 Å². The molecule has 0 saturated carbocycles. The minimum absolute atomic E-state index is 0.0584. The SMILES string of the molecule is COc1cccc(-c2nnc(SCC(=O)Nc3cccc(C(F)(F)F)c3)o2)c1. The summed E-state index contributed by atoms with van der Waals surface area (Å²) >= 11 is 0.977. The number of anilines is 1. The summed E-state index contributed by atoms with van der Waals surface area (Å²) in [4.78, 5) is 12.0. The lowest BCUT2D eigenvalue weighted by atomic mass is 10.2. The van der Waals surface area contributed by atoms with Crippen molar-refractivity contribution in [2.45, 2.75) is 11.4 Å². The molecule has 1 amide bonds. The monoisotopic (exact) mass is 409 g/mol. The highest BCUT2D eigenvalue weighted by atomic mass is 32.2. The third-order valence-corrected chi connectivity index (χ3v) is 4.34. The Morgan fingerprint density at radius 3 is 2.71 bits per heavy atom. The number of thioether (sulfide) groups is 1. The third-order valence-electron chi connectivity index (χ3n) is 3.52. The molecule has 6 nitrogen and oxygen atoms in total. The van der Waals surface area contributed by atoms with Gasteiger partial charge in [-0.25, -0.2) is 0 Å². The summed E-state index contributed by atoms with van der Waals surface area (Å²) in [6.45, 7) is 0. The van der Waals surface area contributed by atoms with Gasteiger partial charge in [-0.1, -0.05) is 23.9 Å². The molecule has 3 rings (SSSR count). The Labute approximate surface area is 162 Å². The van der Waals surface area contributed by atoms with Gasteiger partial charge in [-0.3, -0.25) is 4.79 Å². The Morgan fingerprint density at radius 1 is 1.18 bits per heavy atom. The van der Waals surface area contributed by atoms with Crippen molar-refractivity contribution in [3.8, 4) is 17.2 Å².